The molecule has 0 saturated heterocycles. The molecule has 1 aliphatic rings. The van der Waals surface area contributed by atoms with E-state index < -0.39 is 0 Å². The fourth-order valence-electron chi connectivity index (χ4n) is 1.82. The van der Waals surface area contributed by atoms with Crippen LogP contribution in [0.4, 0.5) is 0 Å². The van der Waals surface area contributed by atoms with Gasteiger partial charge in [-0.3, -0.25) is 0 Å². The Labute approximate surface area is 82.3 Å². The molecule has 0 bridgehead atoms. The van der Waals surface area contributed by atoms with Crippen LogP contribution in [-0.2, 0) is 0 Å². The van der Waals surface area contributed by atoms with Gasteiger partial charge in [0.05, 0.1) is 0 Å². The number of hydrogen-bond acceptors (Lipinski definition) is 2. The molecule has 1 fully saturated rings. The molecular formula is C11H24N2. The first-order valence-corrected chi connectivity index (χ1v) is 5.47. The van der Waals surface area contributed by atoms with E-state index in [2.05, 4.69) is 26.1 Å². The second-order valence-corrected chi connectivity index (χ2v) is 5.23. The Hall–Kier alpha value is -0.0800. The lowest BCUT2D eigenvalue weighted by Crippen LogP contribution is -2.25. The molecule has 0 heterocycles. The van der Waals surface area contributed by atoms with Crippen molar-refractivity contribution < 1.29 is 0 Å². The Morgan fingerprint density at radius 2 is 2.15 bits per heavy atom. The van der Waals surface area contributed by atoms with Gasteiger partial charge >= 0.3 is 0 Å². The molecule has 0 aromatic carbocycles. The fraction of sp³-hybridized carbons (Fsp3) is 1.00. The van der Waals surface area contributed by atoms with Gasteiger partial charge in [-0.05, 0) is 49.7 Å². The van der Waals surface area contributed by atoms with E-state index in [1.165, 1.54) is 13.0 Å². The number of nitrogens with one attached hydrogen (secondary N) is 1. The quantitative estimate of drug-likeness (QED) is 0.658. The summed E-state index contributed by atoms with van der Waals surface area (Å²) in [5.74, 6) is 1.64. The fourth-order valence-corrected chi connectivity index (χ4v) is 1.82. The van der Waals surface area contributed by atoms with Crippen molar-refractivity contribution in [1.82, 2.24) is 5.32 Å². The first-order chi connectivity index (χ1) is 6.06. The molecule has 13 heavy (non-hydrogen) atoms. The maximum absolute atomic E-state index is 5.49. The molecule has 0 spiro atoms. The van der Waals surface area contributed by atoms with E-state index in [9.17, 15) is 0 Å². The maximum atomic E-state index is 5.49. The third kappa shape index (κ3) is 3.65. The monoisotopic (exact) mass is 184 g/mol. The number of rotatable bonds is 6. The molecule has 2 atom stereocenters. The minimum Gasteiger partial charge on any atom is -0.330 e. The van der Waals surface area contributed by atoms with Crippen LogP contribution in [0.5, 0.6) is 0 Å². The Morgan fingerprint density at radius 1 is 1.54 bits per heavy atom. The van der Waals surface area contributed by atoms with Crippen LogP contribution < -0.4 is 11.1 Å². The molecule has 3 N–H and O–H groups in total. The van der Waals surface area contributed by atoms with Crippen molar-refractivity contribution >= 4 is 0 Å². The second-order valence-electron chi connectivity index (χ2n) is 5.23. The van der Waals surface area contributed by atoms with Gasteiger partial charge in [0.25, 0.3) is 0 Å². The predicted octanol–water partition coefficient (Wildman–Crippen LogP) is 1.61. The average molecular weight is 184 g/mol. The topological polar surface area (TPSA) is 38.0 Å². The standard InChI is InChI=1S/C11H24N2/c1-9(4-5-12)7-13-8-10-6-11(10,2)3/h9-10,13H,4-8,12H2,1-3H3. The van der Waals surface area contributed by atoms with Crippen LogP contribution in [0, 0.1) is 17.3 Å². The summed E-state index contributed by atoms with van der Waals surface area (Å²) in [4.78, 5) is 0. The Balaban J connectivity index is 1.96. The molecule has 2 heteroatoms. The zero-order valence-electron chi connectivity index (χ0n) is 9.27. The van der Waals surface area contributed by atoms with Crippen molar-refractivity contribution in [1.29, 1.82) is 0 Å². The molecule has 1 saturated carbocycles. The summed E-state index contributed by atoms with van der Waals surface area (Å²) in [6, 6.07) is 0. The minimum absolute atomic E-state index is 0.615. The van der Waals surface area contributed by atoms with Gasteiger partial charge in [-0.2, -0.15) is 0 Å². The van der Waals surface area contributed by atoms with Gasteiger partial charge in [0, 0.05) is 0 Å². The summed E-state index contributed by atoms with van der Waals surface area (Å²) in [6.45, 7) is 10.1. The third-order valence-electron chi connectivity index (χ3n) is 3.26. The van der Waals surface area contributed by atoms with Crippen LogP contribution in [-0.4, -0.2) is 19.6 Å². The van der Waals surface area contributed by atoms with Crippen LogP contribution >= 0.6 is 0 Å². The molecule has 0 aromatic heterocycles. The summed E-state index contributed by atoms with van der Waals surface area (Å²) in [5.41, 5.74) is 6.10. The van der Waals surface area contributed by atoms with E-state index in [4.69, 9.17) is 5.73 Å². The van der Waals surface area contributed by atoms with Crippen LogP contribution in [0.15, 0.2) is 0 Å². The average Bonchev–Trinajstić information content (AvgIpc) is 2.59. The largest absolute Gasteiger partial charge is 0.330 e. The van der Waals surface area contributed by atoms with E-state index in [1.807, 2.05) is 0 Å². The molecule has 0 aromatic rings. The highest BCUT2D eigenvalue weighted by atomic mass is 14.9. The molecule has 1 rings (SSSR count). The normalized spacial score (nSPS) is 27.2. The summed E-state index contributed by atoms with van der Waals surface area (Å²) >= 11 is 0. The maximum Gasteiger partial charge on any atom is -0.00151 e. The highest BCUT2D eigenvalue weighted by molar-refractivity contribution is 4.96. The van der Waals surface area contributed by atoms with Gasteiger partial charge in [-0.1, -0.05) is 20.8 Å². The lowest BCUT2D eigenvalue weighted by Gasteiger charge is -2.11. The van der Waals surface area contributed by atoms with Gasteiger partial charge in [0.2, 0.25) is 0 Å². The van der Waals surface area contributed by atoms with Crippen molar-refractivity contribution in [2.45, 2.75) is 33.6 Å². The molecule has 1 aliphatic carbocycles. The first-order valence-electron chi connectivity index (χ1n) is 5.47. The van der Waals surface area contributed by atoms with Gasteiger partial charge in [0.15, 0.2) is 0 Å². The predicted molar refractivity (Wildman–Crippen MR) is 57.6 cm³/mol. The SMILES string of the molecule is CC(CCN)CNCC1CC1(C)C. The van der Waals surface area contributed by atoms with Crippen LogP contribution in [0.25, 0.3) is 0 Å². The second kappa shape index (κ2) is 4.43. The van der Waals surface area contributed by atoms with Crippen LogP contribution in [0.3, 0.4) is 0 Å². The van der Waals surface area contributed by atoms with Crippen molar-refractivity contribution in [2.75, 3.05) is 19.6 Å². The van der Waals surface area contributed by atoms with E-state index in [1.54, 1.807) is 0 Å². The smallest absolute Gasteiger partial charge is 0.00151 e. The molecule has 0 aliphatic heterocycles. The van der Waals surface area contributed by atoms with Gasteiger partial charge in [-0.25, -0.2) is 0 Å². The zero-order valence-corrected chi connectivity index (χ0v) is 9.27. The Morgan fingerprint density at radius 3 is 2.62 bits per heavy atom. The highest BCUT2D eigenvalue weighted by Gasteiger charge is 2.44. The minimum atomic E-state index is 0.615. The molecule has 0 amide bonds. The third-order valence-corrected chi connectivity index (χ3v) is 3.26. The molecule has 2 unspecified atom stereocenters. The van der Waals surface area contributed by atoms with E-state index in [-0.39, 0.29) is 0 Å². The molecule has 0 radical (unpaired) electrons. The van der Waals surface area contributed by atoms with Crippen LogP contribution in [0.1, 0.15) is 33.6 Å². The van der Waals surface area contributed by atoms with Crippen molar-refractivity contribution in [2.24, 2.45) is 23.0 Å². The van der Waals surface area contributed by atoms with E-state index in [0.717, 1.165) is 31.3 Å². The van der Waals surface area contributed by atoms with Gasteiger partial charge < -0.3 is 11.1 Å². The van der Waals surface area contributed by atoms with E-state index >= 15 is 0 Å². The lowest BCUT2D eigenvalue weighted by molar-refractivity contribution is 0.456. The highest BCUT2D eigenvalue weighted by Crippen LogP contribution is 2.50. The summed E-state index contributed by atoms with van der Waals surface area (Å²) < 4.78 is 0. The zero-order chi connectivity index (χ0) is 9.90. The Bertz CT molecular complexity index is 154. The first kappa shape index (κ1) is 11.0. The molecule has 2 nitrogen and oxygen atoms in total. The van der Waals surface area contributed by atoms with Crippen molar-refractivity contribution in [3.05, 3.63) is 0 Å². The summed E-state index contributed by atoms with van der Waals surface area (Å²) in [6.07, 6.45) is 2.53. The van der Waals surface area contributed by atoms with Gasteiger partial charge in [0.1, 0.15) is 0 Å². The summed E-state index contributed by atoms with van der Waals surface area (Å²) in [5, 5.41) is 3.53. The number of hydrogen-bond donors (Lipinski definition) is 2. The number of nitrogens with two attached hydrogens (primary N) is 1. The Kier molecular flexibility index (Phi) is 3.74. The lowest BCUT2D eigenvalue weighted by atomic mass is 10.1. The molecular weight excluding hydrogens is 160 g/mol. The van der Waals surface area contributed by atoms with E-state index in [0.29, 0.717) is 5.41 Å². The van der Waals surface area contributed by atoms with Crippen molar-refractivity contribution in [3.63, 3.8) is 0 Å². The van der Waals surface area contributed by atoms with Crippen LogP contribution in [0.2, 0.25) is 0 Å². The molecule has 78 valence electrons. The summed E-state index contributed by atoms with van der Waals surface area (Å²) in [7, 11) is 0. The van der Waals surface area contributed by atoms with Gasteiger partial charge in [-0.15, -0.1) is 0 Å². The van der Waals surface area contributed by atoms with Crippen molar-refractivity contribution in [3.8, 4) is 0 Å².